The number of hydrogen-bond acceptors (Lipinski definition) is 8. The Kier molecular flexibility index (Phi) is 4.99. The molecule has 0 radical (unpaired) electrons. The minimum Gasteiger partial charge on any atom is -0.508 e. The molecule has 1 heterocycles. The number of hydrogen-bond donors (Lipinski definition) is 5. The van der Waals surface area contributed by atoms with Crippen LogP contribution < -0.4 is 4.74 Å². The summed E-state index contributed by atoms with van der Waals surface area (Å²) in [6.07, 6.45) is -7.23. The van der Waals surface area contributed by atoms with Gasteiger partial charge in [-0.3, -0.25) is 4.79 Å². The Hall–Kier alpha value is -1.71. The van der Waals surface area contributed by atoms with Gasteiger partial charge in [0.2, 0.25) is 6.29 Å². The largest absolute Gasteiger partial charge is 0.508 e. The lowest BCUT2D eigenvalue weighted by Gasteiger charge is -2.39. The molecule has 8 nitrogen and oxygen atoms in total. The summed E-state index contributed by atoms with van der Waals surface area (Å²) in [5.74, 6) is -0.541. The second-order valence-corrected chi connectivity index (χ2v) is 5.05. The highest BCUT2D eigenvalue weighted by Crippen LogP contribution is 2.29. The van der Waals surface area contributed by atoms with Crippen LogP contribution >= 0.6 is 0 Å². The van der Waals surface area contributed by atoms with Crippen molar-refractivity contribution in [1.82, 2.24) is 0 Å². The van der Waals surface area contributed by atoms with Crippen LogP contribution in [0, 0.1) is 0 Å². The molecule has 2 rings (SSSR count). The van der Waals surface area contributed by atoms with E-state index in [0.29, 0.717) is 0 Å². The second kappa shape index (κ2) is 6.59. The molecule has 1 aromatic rings. The highest BCUT2D eigenvalue weighted by Gasteiger charge is 2.44. The summed E-state index contributed by atoms with van der Waals surface area (Å²) >= 11 is 0. The van der Waals surface area contributed by atoms with Crippen molar-refractivity contribution in [3.8, 4) is 11.5 Å². The van der Waals surface area contributed by atoms with Gasteiger partial charge in [-0.15, -0.1) is 0 Å². The molecule has 1 aliphatic heterocycles. The van der Waals surface area contributed by atoms with Gasteiger partial charge in [0, 0.05) is 6.07 Å². The Balaban J connectivity index is 2.26. The summed E-state index contributed by atoms with van der Waals surface area (Å²) in [6.45, 7) is 0.705. The molecule has 1 saturated heterocycles. The number of aromatic hydroxyl groups is 1. The van der Waals surface area contributed by atoms with Gasteiger partial charge < -0.3 is 35.0 Å². The third-order valence-electron chi connectivity index (χ3n) is 3.44. The van der Waals surface area contributed by atoms with Crippen LogP contribution in [0.15, 0.2) is 18.2 Å². The third-order valence-corrected chi connectivity index (χ3v) is 3.44. The van der Waals surface area contributed by atoms with Crippen LogP contribution in [0.5, 0.6) is 11.5 Å². The van der Waals surface area contributed by atoms with Gasteiger partial charge in [0.25, 0.3) is 0 Å². The van der Waals surface area contributed by atoms with Crippen LogP contribution in [0.4, 0.5) is 0 Å². The van der Waals surface area contributed by atoms with Gasteiger partial charge in [-0.25, -0.2) is 0 Å². The number of ketones is 1. The molecule has 8 heteroatoms. The molecular formula is C14H18O8. The van der Waals surface area contributed by atoms with Gasteiger partial charge in [0.15, 0.2) is 5.78 Å². The Bertz CT molecular complexity index is 544. The van der Waals surface area contributed by atoms with E-state index < -0.39 is 37.3 Å². The number of ether oxygens (including phenoxy) is 2. The van der Waals surface area contributed by atoms with E-state index in [-0.39, 0.29) is 22.8 Å². The van der Waals surface area contributed by atoms with Crippen molar-refractivity contribution in [1.29, 1.82) is 0 Å². The van der Waals surface area contributed by atoms with Crippen molar-refractivity contribution in [3.05, 3.63) is 23.8 Å². The molecule has 0 saturated carbocycles. The van der Waals surface area contributed by atoms with Gasteiger partial charge in [-0.05, 0) is 19.1 Å². The summed E-state index contributed by atoms with van der Waals surface area (Å²) in [5, 5.41) is 47.9. The summed E-state index contributed by atoms with van der Waals surface area (Å²) in [7, 11) is 0. The standard InChI is InChI=1S/C14H18O8/c1-6(16)8-3-2-7(17)4-9(8)21-14-13(20)12(19)11(18)10(5-15)22-14/h2-4,10-15,17-20H,5H2,1H3/t10-,11-,12+,13-,14-/m1/s1. The molecule has 0 amide bonds. The van der Waals surface area contributed by atoms with E-state index in [1.807, 2.05) is 0 Å². The number of carbonyl (C=O) groups is 1. The van der Waals surface area contributed by atoms with E-state index >= 15 is 0 Å². The molecule has 5 N–H and O–H groups in total. The molecule has 0 bridgehead atoms. The maximum atomic E-state index is 11.5. The van der Waals surface area contributed by atoms with E-state index in [0.717, 1.165) is 6.07 Å². The van der Waals surface area contributed by atoms with E-state index in [2.05, 4.69) is 0 Å². The average molecular weight is 314 g/mol. The first-order valence-electron chi connectivity index (χ1n) is 6.66. The van der Waals surface area contributed by atoms with Crippen LogP contribution in [0.1, 0.15) is 17.3 Å². The minimum absolute atomic E-state index is 0.0446. The summed E-state index contributed by atoms with van der Waals surface area (Å²) in [6, 6.07) is 3.81. The van der Waals surface area contributed by atoms with E-state index in [4.69, 9.17) is 14.6 Å². The number of aliphatic hydroxyl groups is 4. The maximum absolute atomic E-state index is 11.5. The van der Waals surface area contributed by atoms with Gasteiger partial charge in [0.1, 0.15) is 35.9 Å². The topological polar surface area (TPSA) is 137 Å². The normalized spacial score (nSPS) is 31.8. The predicted molar refractivity (Wildman–Crippen MR) is 72.5 cm³/mol. The number of phenols is 1. The minimum atomic E-state index is -1.60. The number of Topliss-reactive ketones (excluding diaryl/α,β-unsaturated/α-hetero) is 1. The number of phenolic OH excluding ortho intramolecular Hbond substituents is 1. The molecule has 22 heavy (non-hydrogen) atoms. The summed E-state index contributed by atoms with van der Waals surface area (Å²) in [4.78, 5) is 11.5. The zero-order valence-electron chi connectivity index (χ0n) is 11.8. The van der Waals surface area contributed by atoms with Crippen molar-refractivity contribution in [2.24, 2.45) is 0 Å². The van der Waals surface area contributed by atoms with E-state index in [1.54, 1.807) is 0 Å². The van der Waals surface area contributed by atoms with Gasteiger partial charge in [-0.2, -0.15) is 0 Å². The van der Waals surface area contributed by atoms with Crippen LogP contribution in [-0.2, 0) is 4.74 Å². The smallest absolute Gasteiger partial charge is 0.229 e. The Morgan fingerprint density at radius 3 is 2.50 bits per heavy atom. The van der Waals surface area contributed by atoms with Crippen LogP contribution in [-0.4, -0.2) is 68.6 Å². The molecule has 1 aromatic carbocycles. The zero-order chi connectivity index (χ0) is 16.4. The van der Waals surface area contributed by atoms with Crippen molar-refractivity contribution >= 4 is 5.78 Å². The van der Waals surface area contributed by atoms with E-state index in [1.165, 1.54) is 19.1 Å². The molecule has 1 aliphatic rings. The predicted octanol–water partition coefficient (Wildman–Crippen LogP) is -1.23. The van der Waals surface area contributed by atoms with Crippen molar-refractivity contribution in [3.63, 3.8) is 0 Å². The molecule has 5 atom stereocenters. The van der Waals surface area contributed by atoms with Gasteiger partial charge in [0.05, 0.1) is 12.2 Å². The summed E-state index contributed by atoms with van der Waals surface area (Å²) < 4.78 is 10.5. The van der Waals surface area contributed by atoms with Crippen molar-refractivity contribution in [2.75, 3.05) is 6.61 Å². The zero-order valence-corrected chi connectivity index (χ0v) is 11.8. The highest BCUT2D eigenvalue weighted by atomic mass is 16.7. The van der Waals surface area contributed by atoms with E-state index in [9.17, 15) is 25.2 Å². The van der Waals surface area contributed by atoms with Gasteiger partial charge >= 0.3 is 0 Å². The highest BCUT2D eigenvalue weighted by molar-refractivity contribution is 5.97. The quantitative estimate of drug-likeness (QED) is 0.436. The fourth-order valence-electron chi connectivity index (χ4n) is 2.19. The first-order chi connectivity index (χ1) is 10.3. The lowest BCUT2D eigenvalue weighted by Crippen LogP contribution is -2.60. The molecular weight excluding hydrogens is 296 g/mol. The number of carbonyl (C=O) groups excluding carboxylic acids is 1. The third kappa shape index (κ3) is 3.21. The summed E-state index contributed by atoms with van der Waals surface area (Å²) in [5.41, 5.74) is 0.148. The molecule has 0 aliphatic carbocycles. The SMILES string of the molecule is CC(=O)c1ccc(O)cc1O[C@@H]1O[C@H](CO)[C@@H](O)[C@H](O)[C@H]1O. The monoisotopic (exact) mass is 314 g/mol. The number of benzene rings is 1. The van der Waals surface area contributed by atoms with Gasteiger partial charge in [-0.1, -0.05) is 0 Å². The first kappa shape index (κ1) is 16.7. The van der Waals surface area contributed by atoms with Crippen molar-refractivity contribution < 1.29 is 39.8 Å². The Labute approximate surface area is 126 Å². The fourth-order valence-corrected chi connectivity index (χ4v) is 2.19. The number of aliphatic hydroxyl groups excluding tert-OH is 4. The molecule has 1 fully saturated rings. The second-order valence-electron chi connectivity index (χ2n) is 5.05. The average Bonchev–Trinajstić information content (AvgIpc) is 2.47. The maximum Gasteiger partial charge on any atom is 0.229 e. The Morgan fingerprint density at radius 1 is 1.23 bits per heavy atom. The van der Waals surface area contributed by atoms with Crippen LogP contribution in [0.25, 0.3) is 0 Å². The fraction of sp³-hybridized carbons (Fsp3) is 0.500. The molecule has 122 valence electrons. The van der Waals surface area contributed by atoms with Crippen molar-refractivity contribution in [2.45, 2.75) is 37.6 Å². The molecule has 0 aromatic heterocycles. The number of rotatable bonds is 4. The molecule has 0 unspecified atom stereocenters. The Morgan fingerprint density at radius 2 is 1.91 bits per heavy atom. The molecule has 0 spiro atoms. The first-order valence-corrected chi connectivity index (χ1v) is 6.66. The lowest BCUT2D eigenvalue weighted by atomic mass is 9.99. The lowest BCUT2D eigenvalue weighted by molar-refractivity contribution is -0.277. The van der Waals surface area contributed by atoms with Crippen LogP contribution in [0.3, 0.4) is 0 Å². The van der Waals surface area contributed by atoms with Crippen LogP contribution in [0.2, 0.25) is 0 Å².